The first-order valence-electron chi connectivity index (χ1n) is 6.26. The van der Waals surface area contributed by atoms with Crippen LogP contribution in [-0.2, 0) is 16.6 Å². The number of benzene rings is 1. The van der Waals surface area contributed by atoms with E-state index in [0.717, 1.165) is 0 Å². The highest BCUT2D eigenvalue weighted by molar-refractivity contribution is 7.89. The van der Waals surface area contributed by atoms with Crippen molar-refractivity contribution in [2.24, 2.45) is 5.73 Å². The number of hydrogen-bond donors (Lipinski definition) is 2. The summed E-state index contributed by atoms with van der Waals surface area (Å²) in [4.78, 5) is 4.26. The first kappa shape index (κ1) is 15.6. The maximum atomic E-state index is 12.3. The van der Waals surface area contributed by atoms with E-state index in [9.17, 15) is 8.42 Å². The zero-order chi connectivity index (χ0) is 15.5. The Morgan fingerprint density at radius 3 is 2.86 bits per heavy atom. The van der Waals surface area contributed by atoms with Crippen molar-refractivity contribution in [2.45, 2.75) is 18.4 Å². The van der Waals surface area contributed by atoms with Gasteiger partial charge in [-0.25, -0.2) is 18.1 Å². The third-order valence-corrected chi connectivity index (χ3v) is 4.82. The van der Waals surface area contributed by atoms with Crippen molar-refractivity contribution in [3.63, 3.8) is 0 Å². The van der Waals surface area contributed by atoms with Crippen molar-refractivity contribution in [1.29, 1.82) is 0 Å². The molecule has 0 saturated heterocycles. The largest absolute Gasteiger partial charge is 0.389 e. The van der Waals surface area contributed by atoms with Crippen LogP contribution in [0.15, 0.2) is 41.8 Å². The molecule has 0 unspecified atom stereocenters. The lowest BCUT2D eigenvalue weighted by Crippen LogP contribution is -2.28. The van der Waals surface area contributed by atoms with Crippen LogP contribution in [0.25, 0.3) is 0 Å². The molecule has 0 aliphatic rings. The summed E-state index contributed by atoms with van der Waals surface area (Å²) in [5.41, 5.74) is 6.72. The number of aryl methyl sites for hydroxylation is 1. The predicted octanol–water partition coefficient (Wildman–Crippen LogP) is 0.804. The van der Waals surface area contributed by atoms with Crippen molar-refractivity contribution in [2.75, 3.05) is 6.54 Å². The van der Waals surface area contributed by atoms with E-state index in [1.165, 1.54) is 6.07 Å². The molecule has 0 fully saturated rings. The molecule has 0 aliphatic heterocycles. The van der Waals surface area contributed by atoms with E-state index in [4.69, 9.17) is 18.0 Å². The normalized spacial score (nSPS) is 11.5. The second-order valence-corrected chi connectivity index (χ2v) is 6.72. The Morgan fingerprint density at radius 2 is 2.24 bits per heavy atom. The fraction of sp³-hybridized carbons (Fsp3) is 0.231. The summed E-state index contributed by atoms with van der Waals surface area (Å²) in [6, 6.07) is 4.90. The zero-order valence-electron chi connectivity index (χ0n) is 11.5. The Labute approximate surface area is 129 Å². The van der Waals surface area contributed by atoms with Crippen LogP contribution in [0.3, 0.4) is 0 Å². The number of nitrogens with two attached hydrogens (primary N) is 1. The van der Waals surface area contributed by atoms with Crippen molar-refractivity contribution >= 4 is 27.2 Å². The van der Waals surface area contributed by atoms with Gasteiger partial charge in [0.15, 0.2) is 0 Å². The molecule has 0 aliphatic carbocycles. The van der Waals surface area contributed by atoms with Gasteiger partial charge in [-0.15, -0.1) is 0 Å². The van der Waals surface area contributed by atoms with Crippen LogP contribution in [-0.4, -0.2) is 29.5 Å². The van der Waals surface area contributed by atoms with Crippen LogP contribution < -0.4 is 10.5 Å². The van der Waals surface area contributed by atoms with Crippen molar-refractivity contribution in [1.82, 2.24) is 14.3 Å². The van der Waals surface area contributed by atoms with Crippen LogP contribution in [0, 0.1) is 6.92 Å². The Bertz CT molecular complexity index is 740. The second-order valence-electron chi connectivity index (χ2n) is 4.54. The summed E-state index contributed by atoms with van der Waals surface area (Å²) in [6.07, 6.45) is 5.05. The number of nitrogens with one attached hydrogen (secondary N) is 1. The molecule has 2 rings (SSSR count). The van der Waals surface area contributed by atoms with E-state index < -0.39 is 10.0 Å². The number of rotatable bonds is 6. The predicted molar refractivity (Wildman–Crippen MR) is 84.5 cm³/mol. The smallest absolute Gasteiger partial charge is 0.240 e. The SMILES string of the molecule is Cc1ccc(C(N)=S)cc1S(=O)(=O)NCCn1ccnc1. The number of nitrogens with zero attached hydrogens (tertiary/aromatic N) is 2. The molecular formula is C13H16N4O2S2. The van der Waals surface area contributed by atoms with Crippen LogP contribution >= 0.6 is 12.2 Å². The molecule has 1 heterocycles. The molecule has 21 heavy (non-hydrogen) atoms. The summed E-state index contributed by atoms with van der Waals surface area (Å²) in [5.74, 6) is 0. The molecule has 1 aromatic heterocycles. The summed E-state index contributed by atoms with van der Waals surface area (Å²) >= 11 is 4.88. The fourth-order valence-electron chi connectivity index (χ4n) is 1.85. The van der Waals surface area contributed by atoms with Gasteiger partial charge in [0.25, 0.3) is 0 Å². The molecule has 0 atom stereocenters. The number of thiocarbonyl (C=S) groups is 1. The Morgan fingerprint density at radius 1 is 1.48 bits per heavy atom. The quantitative estimate of drug-likeness (QED) is 0.767. The minimum absolute atomic E-state index is 0.171. The molecule has 1 aromatic carbocycles. The molecule has 2 aromatic rings. The van der Waals surface area contributed by atoms with Gasteiger partial charge >= 0.3 is 0 Å². The molecule has 112 valence electrons. The van der Waals surface area contributed by atoms with Gasteiger partial charge < -0.3 is 10.3 Å². The average molecular weight is 324 g/mol. The topological polar surface area (TPSA) is 90.0 Å². The summed E-state index contributed by atoms with van der Waals surface area (Å²) in [7, 11) is -3.60. The highest BCUT2D eigenvalue weighted by Gasteiger charge is 2.17. The van der Waals surface area contributed by atoms with E-state index in [1.54, 1.807) is 42.3 Å². The molecule has 0 saturated carbocycles. The monoisotopic (exact) mass is 324 g/mol. The van der Waals surface area contributed by atoms with Crippen LogP contribution in [0.1, 0.15) is 11.1 Å². The number of aromatic nitrogens is 2. The van der Waals surface area contributed by atoms with E-state index >= 15 is 0 Å². The zero-order valence-corrected chi connectivity index (χ0v) is 13.1. The van der Waals surface area contributed by atoms with E-state index in [-0.39, 0.29) is 16.4 Å². The lowest BCUT2D eigenvalue weighted by atomic mass is 10.1. The van der Waals surface area contributed by atoms with Crippen LogP contribution in [0.2, 0.25) is 0 Å². The van der Waals surface area contributed by atoms with Gasteiger partial charge in [-0.05, 0) is 18.6 Å². The first-order valence-corrected chi connectivity index (χ1v) is 8.15. The maximum absolute atomic E-state index is 12.3. The Kier molecular flexibility index (Phi) is 4.71. The molecule has 3 N–H and O–H groups in total. The number of imidazole rings is 1. The van der Waals surface area contributed by atoms with Gasteiger partial charge in [-0.1, -0.05) is 24.4 Å². The molecule has 0 amide bonds. The Balaban J connectivity index is 2.15. The van der Waals surface area contributed by atoms with Crippen molar-refractivity contribution < 1.29 is 8.42 Å². The molecule has 6 nitrogen and oxygen atoms in total. The third-order valence-electron chi connectivity index (χ3n) is 2.98. The van der Waals surface area contributed by atoms with Crippen LogP contribution in [0.4, 0.5) is 0 Å². The van der Waals surface area contributed by atoms with E-state index in [2.05, 4.69) is 9.71 Å². The van der Waals surface area contributed by atoms with Gasteiger partial charge in [-0.3, -0.25) is 0 Å². The number of sulfonamides is 1. The lowest BCUT2D eigenvalue weighted by Gasteiger charge is -2.11. The minimum atomic E-state index is -3.60. The van der Waals surface area contributed by atoms with Crippen molar-refractivity contribution in [3.05, 3.63) is 48.0 Å². The second kappa shape index (κ2) is 6.33. The lowest BCUT2D eigenvalue weighted by molar-refractivity contribution is 0.572. The van der Waals surface area contributed by atoms with Gasteiger partial charge in [-0.2, -0.15) is 0 Å². The molecule has 0 radical (unpaired) electrons. The Hall–Kier alpha value is -1.77. The average Bonchev–Trinajstić information content (AvgIpc) is 2.91. The molecule has 8 heteroatoms. The highest BCUT2D eigenvalue weighted by atomic mass is 32.2. The first-order chi connectivity index (χ1) is 9.90. The van der Waals surface area contributed by atoms with Gasteiger partial charge in [0, 0.05) is 31.0 Å². The summed E-state index contributed by atoms with van der Waals surface area (Å²) < 4.78 is 29.0. The van der Waals surface area contributed by atoms with Gasteiger partial charge in [0.05, 0.1) is 11.2 Å². The van der Waals surface area contributed by atoms with Crippen molar-refractivity contribution in [3.8, 4) is 0 Å². The van der Waals surface area contributed by atoms with E-state index in [0.29, 0.717) is 17.7 Å². The van der Waals surface area contributed by atoms with Gasteiger partial charge in [0.2, 0.25) is 10.0 Å². The van der Waals surface area contributed by atoms with Gasteiger partial charge in [0.1, 0.15) is 4.99 Å². The molecule has 0 spiro atoms. The molecular weight excluding hydrogens is 308 g/mol. The van der Waals surface area contributed by atoms with E-state index in [1.807, 2.05) is 0 Å². The maximum Gasteiger partial charge on any atom is 0.240 e. The number of hydrogen-bond acceptors (Lipinski definition) is 4. The van der Waals surface area contributed by atoms with Crippen LogP contribution in [0.5, 0.6) is 0 Å². The molecule has 0 bridgehead atoms. The minimum Gasteiger partial charge on any atom is -0.389 e. The fourth-order valence-corrected chi connectivity index (χ4v) is 3.27. The summed E-state index contributed by atoms with van der Waals surface area (Å²) in [6.45, 7) is 2.51. The highest BCUT2D eigenvalue weighted by Crippen LogP contribution is 2.17. The summed E-state index contributed by atoms with van der Waals surface area (Å²) in [5, 5.41) is 0. The third kappa shape index (κ3) is 3.87. The standard InChI is InChI=1S/C13H16N4O2S2/c1-10-2-3-11(13(14)20)8-12(10)21(18,19)16-5-7-17-6-4-15-9-17/h2-4,6,8-9,16H,5,7H2,1H3,(H2,14,20).